The Morgan fingerprint density at radius 2 is 1.86 bits per heavy atom. The Bertz CT molecular complexity index is 564. The van der Waals surface area contributed by atoms with Gasteiger partial charge in [0.25, 0.3) is 0 Å². The average Bonchev–Trinajstić information content (AvgIpc) is 2.93. The second kappa shape index (κ2) is 7.40. The molecule has 0 atom stereocenters. The molecule has 0 unspecified atom stereocenters. The van der Waals surface area contributed by atoms with Crippen LogP contribution in [0, 0.1) is 0 Å². The predicted octanol–water partition coefficient (Wildman–Crippen LogP) is 3.95. The van der Waals surface area contributed by atoms with Gasteiger partial charge in [-0.1, -0.05) is 12.1 Å². The van der Waals surface area contributed by atoms with Crippen molar-refractivity contribution >= 4 is 33.0 Å². The first kappa shape index (κ1) is 15.0. The van der Waals surface area contributed by atoms with Crippen LogP contribution < -0.4 is 5.32 Å². The molecule has 21 heavy (non-hydrogen) atoms. The zero-order chi connectivity index (χ0) is 14.5. The molecule has 0 aliphatic carbocycles. The third kappa shape index (κ3) is 4.54. The largest absolute Gasteiger partial charge is 0.380 e. The van der Waals surface area contributed by atoms with Crippen LogP contribution in [0.25, 0.3) is 0 Å². The summed E-state index contributed by atoms with van der Waals surface area (Å²) in [6.45, 7) is 5.67. The maximum Gasteiger partial charge on any atom is 0.0702 e. The monoisotopic (exact) mass is 366 g/mol. The van der Waals surface area contributed by atoms with E-state index in [1.54, 1.807) is 11.3 Å². The van der Waals surface area contributed by atoms with E-state index in [0.717, 1.165) is 39.4 Å². The molecular weight excluding hydrogens is 348 g/mol. The molecule has 0 saturated carbocycles. The summed E-state index contributed by atoms with van der Waals surface area (Å²) < 4.78 is 6.56. The molecule has 0 amide bonds. The van der Waals surface area contributed by atoms with Gasteiger partial charge in [-0.05, 0) is 45.8 Å². The van der Waals surface area contributed by atoms with E-state index in [1.165, 1.54) is 19.9 Å². The van der Waals surface area contributed by atoms with Gasteiger partial charge in [0.15, 0.2) is 0 Å². The van der Waals surface area contributed by atoms with E-state index in [1.807, 2.05) is 0 Å². The molecule has 112 valence electrons. The van der Waals surface area contributed by atoms with E-state index in [-0.39, 0.29) is 0 Å². The van der Waals surface area contributed by atoms with Gasteiger partial charge in [0.2, 0.25) is 0 Å². The fourth-order valence-corrected chi connectivity index (χ4v) is 3.80. The van der Waals surface area contributed by atoms with Crippen LogP contribution in [0.3, 0.4) is 0 Å². The Morgan fingerprint density at radius 1 is 1.10 bits per heavy atom. The molecule has 1 saturated heterocycles. The van der Waals surface area contributed by atoms with Gasteiger partial charge in [0.05, 0.1) is 17.0 Å². The van der Waals surface area contributed by atoms with Gasteiger partial charge in [0.1, 0.15) is 0 Å². The van der Waals surface area contributed by atoms with Crippen LogP contribution in [-0.4, -0.2) is 31.2 Å². The predicted molar refractivity (Wildman–Crippen MR) is 91.9 cm³/mol. The standard InChI is InChI=1S/C16H19BrN2OS/c17-16-6-5-15(21-16)11-18-14-3-1-13(2-4-14)12-19-7-9-20-10-8-19/h1-6,18H,7-12H2. The Hall–Kier alpha value is -0.880. The second-order valence-electron chi connectivity index (χ2n) is 5.14. The van der Waals surface area contributed by atoms with Crippen molar-refractivity contribution in [2.24, 2.45) is 0 Å². The molecule has 3 nitrogen and oxygen atoms in total. The van der Waals surface area contributed by atoms with E-state index < -0.39 is 0 Å². The number of hydrogen-bond acceptors (Lipinski definition) is 4. The minimum absolute atomic E-state index is 0.857. The molecule has 1 aromatic carbocycles. The van der Waals surface area contributed by atoms with Crippen LogP contribution in [0.2, 0.25) is 0 Å². The first-order valence-corrected chi connectivity index (χ1v) is 8.78. The molecule has 3 rings (SSSR count). The number of halogens is 1. The Morgan fingerprint density at radius 3 is 2.52 bits per heavy atom. The summed E-state index contributed by atoms with van der Waals surface area (Å²) in [5.74, 6) is 0. The van der Waals surface area contributed by atoms with E-state index >= 15 is 0 Å². The van der Waals surface area contributed by atoms with E-state index in [9.17, 15) is 0 Å². The fraction of sp³-hybridized carbons (Fsp3) is 0.375. The molecular formula is C16H19BrN2OS. The van der Waals surface area contributed by atoms with Gasteiger partial charge in [0, 0.05) is 36.7 Å². The topological polar surface area (TPSA) is 24.5 Å². The highest BCUT2D eigenvalue weighted by Crippen LogP contribution is 2.23. The molecule has 1 aliphatic rings. The third-order valence-electron chi connectivity index (χ3n) is 3.56. The molecule has 0 spiro atoms. The van der Waals surface area contributed by atoms with Crippen LogP contribution >= 0.6 is 27.3 Å². The van der Waals surface area contributed by atoms with E-state index in [0.29, 0.717) is 0 Å². The molecule has 1 N–H and O–H groups in total. The molecule has 1 fully saturated rings. The Labute approximate surface area is 138 Å². The summed E-state index contributed by atoms with van der Waals surface area (Å²) in [4.78, 5) is 3.77. The Kier molecular flexibility index (Phi) is 5.30. The maximum atomic E-state index is 5.38. The highest BCUT2D eigenvalue weighted by molar-refractivity contribution is 9.11. The summed E-state index contributed by atoms with van der Waals surface area (Å²) >= 11 is 5.26. The molecule has 0 bridgehead atoms. The highest BCUT2D eigenvalue weighted by Gasteiger charge is 2.10. The number of hydrogen-bond donors (Lipinski definition) is 1. The van der Waals surface area contributed by atoms with Crippen LogP contribution in [0.15, 0.2) is 40.2 Å². The smallest absolute Gasteiger partial charge is 0.0702 e. The van der Waals surface area contributed by atoms with Gasteiger partial charge in [-0.15, -0.1) is 11.3 Å². The van der Waals surface area contributed by atoms with Crippen molar-refractivity contribution in [3.8, 4) is 0 Å². The summed E-state index contributed by atoms with van der Waals surface area (Å²) in [6.07, 6.45) is 0. The first-order valence-electron chi connectivity index (χ1n) is 7.17. The number of anilines is 1. The summed E-state index contributed by atoms with van der Waals surface area (Å²) in [5.41, 5.74) is 2.53. The SMILES string of the molecule is Brc1ccc(CNc2ccc(CN3CCOCC3)cc2)s1. The molecule has 2 heterocycles. The van der Waals surface area contributed by atoms with Crippen LogP contribution in [-0.2, 0) is 17.8 Å². The molecule has 2 aromatic rings. The lowest BCUT2D eigenvalue weighted by atomic mass is 10.2. The van der Waals surface area contributed by atoms with Gasteiger partial charge in [-0.25, -0.2) is 0 Å². The van der Waals surface area contributed by atoms with Gasteiger partial charge < -0.3 is 10.1 Å². The molecule has 1 aromatic heterocycles. The van der Waals surface area contributed by atoms with Crippen LogP contribution in [0.5, 0.6) is 0 Å². The fourth-order valence-electron chi connectivity index (χ4n) is 2.38. The minimum Gasteiger partial charge on any atom is -0.380 e. The molecule has 0 radical (unpaired) electrons. The average molecular weight is 367 g/mol. The van der Waals surface area contributed by atoms with E-state index in [4.69, 9.17) is 4.74 Å². The lowest BCUT2D eigenvalue weighted by molar-refractivity contribution is 0.0342. The maximum absolute atomic E-state index is 5.38. The zero-order valence-electron chi connectivity index (χ0n) is 11.8. The number of morpholine rings is 1. The van der Waals surface area contributed by atoms with E-state index in [2.05, 4.69) is 62.5 Å². The minimum atomic E-state index is 0.857. The zero-order valence-corrected chi connectivity index (χ0v) is 14.3. The van der Waals surface area contributed by atoms with Crippen molar-refractivity contribution in [2.45, 2.75) is 13.1 Å². The third-order valence-corrected chi connectivity index (χ3v) is 5.18. The first-order chi connectivity index (χ1) is 10.3. The lowest BCUT2D eigenvalue weighted by Gasteiger charge is -2.26. The quantitative estimate of drug-likeness (QED) is 0.866. The lowest BCUT2D eigenvalue weighted by Crippen LogP contribution is -2.35. The number of nitrogens with one attached hydrogen (secondary N) is 1. The van der Waals surface area contributed by atoms with Crippen molar-refractivity contribution in [2.75, 3.05) is 31.6 Å². The Balaban J connectivity index is 1.51. The number of thiophene rings is 1. The number of rotatable bonds is 5. The van der Waals surface area contributed by atoms with Gasteiger partial charge >= 0.3 is 0 Å². The normalized spacial score (nSPS) is 16.0. The van der Waals surface area contributed by atoms with Crippen LogP contribution in [0.4, 0.5) is 5.69 Å². The van der Waals surface area contributed by atoms with Crippen molar-refractivity contribution in [1.82, 2.24) is 4.90 Å². The molecule has 1 aliphatic heterocycles. The number of ether oxygens (including phenoxy) is 1. The summed E-state index contributed by atoms with van der Waals surface area (Å²) in [6, 6.07) is 13.0. The van der Waals surface area contributed by atoms with Gasteiger partial charge in [-0.3, -0.25) is 4.90 Å². The molecule has 5 heteroatoms. The highest BCUT2D eigenvalue weighted by atomic mass is 79.9. The van der Waals surface area contributed by atoms with Gasteiger partial charge in [-0.2, -0.15) is 0 Å². The summed E-state index contributed by atoms with van der Waals surface area (Å²) in [7, 11) is 0. The van der Waals surface area contributed by atoms with Crippen molar-refractivity contribution in [1.29, 1.82) is 0 Å². The number of benzene rings is 1. The van der Waals surface area contributed by atoms with Crippen molar-refractivity contribution in [3.05, 3.63) is 50.6 Å². The van der Waals surface area contributed by atoms with Crippen molar-refractivity contribution < 1.29 is 4.74 Å². The van der Waals surface area contributed by atoms with Crippen molar-refractivity contribution in [3.63, 3.8) is 0 Å². The second-order valence-corrected chi connectivity index (χ2v) is 7.69. The number of nitrogens with zero attached hydrogens (tertiary/aromatic N) is 1. The summed E-state index contributed by atoms with van der Waals surface area (Å²) in [5, 5.41) is 3.46. The van der Waals surface area contributed by atoms with Crippen LogP contribution in [0.1, 0.15) is 10.4 Å².